The predicted octanol–water partition coefficient (Wildman–Crippen LogP) is 2.74. The molecule has 1 nitrogen and oxygen atoms in total. The lowest BCUT2D eigenvalue weighted by Gasteiger charge is -2.22. The van der Waals surface area contributed by atoms with Crippen LogP contribution in [0.2, 0.25) is 0 Å². The SMILES string of the molecule is CC1(C)C=Cc2scnc2C1. The molecule has 0 atom stereocenters. The van der Waals surface area contributed by atoms with E-state index < -0.39 is 0 Å². The van der Waals surface area contributed by atoms with Crippen LogP contribution in [0.25, 0.3) is 6.08 Å². The number of hydrogen-bond donors (Lipinski definition) is 0. The normalized spacial score (nSPS) is 19.8. The number of aromatic nitrogens is 1. The van der Waals surface area contributed by atoms with Crippen molar-refractivity contribution in [2.75, 3.05) is 0 Å². The molecule has 0 aromatic carbocycles. The van der Waals surface area contributed by atoms with Gasteiger partial charge in [-0.2, -0.15) is 0 Å². The zero-order chi connectivity index (χ0) is 7.90. The third kappa shape index (κ3) is 1.23. The number of rotatable bonds is 0. The fourth-order valence-electron chi connectivity index (χ4n) is 1.34. The molecule has 0 unspecified atom stereocenters. The minimum absolute atomic E-state index is 0.307. The highest BCUT2D eigenvalue weighted by Crippen LogP contribution is 2.32. The molecule has 1 heterocycles. The van der Waals surface area contributed by atoms with Gasteiger partial charge in [-0.25, -0.2) is 4.98 Å². The molecule has 1 aromatic heterocycles. The van der Waals surface area contributed by atoms with Crippen LogP contribution >= 0.6 is 11.3 Å². The maximum Gasteiger partial charge on any atom is 0.0801 e. The lowest BCUT2D eigenvalue weighted by Crippen LogP contribution is -2.14. The number of hydrogen-bond acceptors (Lipinski definition) is 2. The first-order valence-corrected chi connectivity index (χ1v) is 4.67. The molecule has 0 aliphatic heterocycles. The second-order valence-corrected chi connectivity index (χ2v) is 4.55. The van der Waals surface area contributed by atoms with Crippen molar-refractivity contribution in [2.24, 2.45) is 5.41 Å². The number of nitrogens with zero attached hydrogens (tertiary/aromatic N) is 1. The van der Waals surface area contributed by atoms with E-state index in [2.05, 4.69) is 31.0 Å². The quantitative estimate of drug-likeness (QED) is 0.576. The maximum absolute atomic E-state index is 4.32. The molecule has 0 bridgehead atoms. The molecule has 1 aliphatic rings. The van der Waals surface area contributed by atoms with Gasteiger partial charge in [-0.3, -0.25) is 0 Å². The van der Waals surface area contributed by atoms with Gasteiger partial charge < -0.3 is 0 Å². The van der Waals surface area contributed by atoms with Crippen LogP contribution in [-0.4, -0.2) is 4.98 Å². The minimum Gasteiger partial charge on any atom is -0.249 e. The summed E-state index contributed by atoms with van der Waals surface area (Å²) >= 11 is 1.73. The molecule has 2 rings (SSSR count). The van der Waals surface area contributed by atoms with Gasteiger partial charge in [0.2, 0.25) is 0 Å². The summed E-state index contributed by atoms with van der Waals surface area (Å²) in [5.41, 5.74) is 3.50. The Kier molecular flexibility index (Phi) is 1.39. The summed E-state index contributed by atoms with van der Waals surface area (Å²) < 4.78 is 0. The average molecular weight is 165 g/mol. The Morgan fingerprint density at radius 2 is 2.36 bits per heavy atom. The summed E-state index contributed by atoms with van der Waals surface area (Å²) in [6.07, 6.45) is 5.55. The van der Waals surface area contributed by atoms with E-state index in [9.17, 15) is 0 Å². The van der Waals surface area contributed by atoms with Gasteiger partial charge in [-0.1, -0.05) is 19.9 Å². The predicted molar refractivity (Wildman–Crippen MR) is 48.6 cm³/mol. The van der Waals surface area contributed by atoms with Gasteiger partial charge in [-0.05, 0) is 17.9 Å². The molecule has 0 radical (unpaired) electrons. The summed E-state index contributed by atoms with van der Waals surface area (Å²) in [5, 5.41) is 0. The van der Waals surface area contributed by atoms with Crippen LogP contribution in [0.4, 0.5) is 0 Å². The van der Waals surface area contributed by atoms with E-state index >= 15 is 0 Å². The number of fused-ring (bicyclic) bond motifs is 1. The summed E-state index contributed by atoms with van der Waals surface area (Å²) in [6, 6.07) is 0. The molecule has 2 heteroatoms. The van der Waals surface area contributed by atoms with Crippen LogP contribution in [0.5, 0.6) is 0 Å². The number of thiazole rings is 1. The van der Waals surface area contributed by atoms with E-state index in [1.54, 1.807) is 11.3 Å². The van der Waals surface area contributed by atoms with E-state index in [1.165, 1.54) is 10.6 Å². The maximum atomic E-state index is 4.32. The third-order valence-corrected chi connectivity index (χ3v) is 2.82. The first-order valence-electron chi connectivity index (χ1n) is 3.79. The van der Waals surface area contributed by atoms with Crippen LogP contribution in [0.15, 0.2) is 11.6 Å². The molecule has 58 valence electrons. The monoisotopic (exact) mass is 165 g/mol. The zero-order valence-electron chi connectivity index (χ0n) is 6.79. The van der Waals surface area contributed by atoms with E-state index in [1.807, 2.05) is 5.51 Å². The van der Waals surface area contributed by atoms with Crippen LogP contribution < -0.4 is 0 Å². The smallest absolute Gasteiger partial charge is 0.0801 e. The molecule has 11 heavy (non-hydrogen) atoms. The Hall–Kier alpha value is -0.630. The van der Waals surface area contributed by atoms with E-state index in [4.69, 9.17) is 0 Å². The van der Waals surface area contributed by atoms with Crippen molar-refractivity contribution in [3.8, 4) is 0 Å². The zero-order valence-corrected chi connectivity index (χ0v) is 7.61. The van der Waals surface area contributed by atoms with Crippen LogP contribution in [0.1, 0.15) is 24.4 Å². The molecule has 0 fully saturated rings. The van der Waals surface area contributed by atoms with Gasteiger partial charge in [0.1, 0.15) is 0 Å². The highest BCUT2D eigenvalue weighted by molar-refractivity contribution is 7.10. The fraction of sp³-hybridized carbons (Fsp3) is 0.444. The van der Waals surface area contributed by atoms with Crippen LogP contribution in [0, 0.1) is 5.41 Å². The lowest BCUT2D eigenvalue weighted by molar-refractivity contribution is 0.470. The second-order valence-electron chi connectivity index (χ2n) is 3.66. The summed E-state index contributed by atoms with van der Waals surface area (Å²) in [7, 11) is 0. The van der Waals surface area contributed by atoms with Crippen molar-refractivity contribution in [3.63, 3.8) is 0 Å². The molecule has 0 saturated carbocycles. The Morgan fingerprint density at radius 3 is 3.18 bits per heavy atom. The Bertz CT molecular complexity index is 296. The van der Waals surface area contributed by atoms with Gasteiger partial charge in [0, 0.05) is 4.88 Å². The van der Waals surface area contributed by atoms with Gasteiger partial charge in [0.25, 0.3) is 0 Å². The second kappa shape index (κ2) is 2.18. The van der Waals surface area contributed by atoms with Crippen molar-refractivity contribution in [3.05, 3.63) is 22.2 Å². The van der Waals surface area contributed by atoms with Crippen molar-refractivity contribution >= 4 is 17.4 Å². The first-order chi connectivity index (χ1) is 5.17. The molecule has 0 saturated heterocycles. The topological polar surface area (TPSA) is 12.9 Å². The largest absolute Gasteiger partial charge is 0.249 e. The van der Waals surface area contributed by atoms with E-state index in [0.29, 0.717) is 5.41 Å². The molecular weight excluding hydrogens is 154 g/mol. The highest BCUT2D eigenvalue weighted by atomic mass is 32.1. The van der Waals surface area contributed by atoms with Gasteiger partial charge in [0.15, 0.2) is 0 Å². The lowest BCUT2D eigenvalue weighted by atomic mass is 9.84. The number of allylic oxidation sites excluding steroid dienone is 1. The van der Waals surface area contributed by atoms with Gasteiger partial charge in [-0.15, -0.1) is 11.3 Å². The first kappa shape index (κ1) is 7.04. The standard InChI is InChI=1S/C9H11NS/c1-9(2)4-3-8-7(5-9)10-6-11-8/h3-4,6H,5H2,1-2H3. The Balaban J connectivity index is 2.44. The minimum atomic E-state index is 0.307. The van der Waals surface area contributed by atoms with E-state index in [-0.39, 0.29) is 0 Å². The van der Waals surface area contributed by atoms with Crippen molar-refractivity contribution in [1.29, 1.82) is 0 Å². The molecule has 0 N–H and O–H groups in total. The average Bonchev–Trinajstić information content (AvgIpc) is 2.31. The van der Waals surface area contributed by atoms with Gasteiger partial charge >= 0.3 is 0 Å². The highest BCUT2D eigenvalue weighted by Gasteiger charge is 2.21. The van der Waals surface area contributed by atoms with Crippen molar-refractivity contribution in [1.82, 2.24) is 4.98 Å². The molecule has 0 spiro atoms. The Morgan fingerprint density at radius 1 is 1.55 bits per heavy atom. The Labute approximate surface area is 70.8 Å². The van der Waals surface area contributed by atoms with Crippen molar-refractivity contribution < 1.29 is 0 Å². The van der Waals surface area contributed by atoms with E-state index in [0.717, 1.165) is 6.42 Å². The van der Waals surface area contributed by atoms with Crippen LogP contribution in [0.3, 0.4) is 0 Å². The van der Waals surface area contributed by atoms with Crippen LogP contribution in [-0.2, 0) is 6.42 Å². The molecular formula is C9H11NS. The molecule has 0 amide bonds. The molecule has 1 aromatic rings. The molecule has 1 aliphatic carbocycles. The third-order valence-electron chi connectivity index (χ3n) is 1.98. The fourth-order valence-corrected chi connectivity index (χ4v) is 2.04. The van der Waals surface area contributed by atoms with Crippen molar-refractivity contribution in [2.45, 2.75) is 20.3 Å². The van der Waals surface area contributed by atoms with Gasteiger partial charge in [0.05, 0.1) is 11.2 Å². The summed E-state index contributed by atoms with van der Waals surface area (Å²) in [5.74, 6) is 0. The summed E-state index contributed by atoms with van der Waals surface area (Å²) in [6.45, 7) is 4.48. The summed E-state index contributed by atoms with van der Waals surface area (Å²) in [4.78, 5) is 5.66.